The van der Waals surface area contributed by atoms with Gasteiger partial charge in [-0.25, -0.2) is 4.79 Å². The van der Waals surface area contributed by atoms with Gasteiger partial charge in [0.1, 0.15) is 23.1 Å². The first-order valence-corrected chi connectivity index (χ1v) is 11.2. The van der Waals surface area contributed by atoms with Crippen LogP contribution in [-0.4, -0.2) is 18.3 Å². The van der Waals surface area contributed by atoms with Crippen LogP contribution in [0.1, 0.15) is 30.4 Å². The molecule has 1 saturated carbocycles. The van der Waals surface area contributed by atoms with Gasteiger partial charge < -0.3 is 19.6 Å². The maximum Gasteiger partial charge on any atom is 0.405 e. The largest absolute Gasteiger partial charge is 0.495 e. The quantitative estimate of drug-likeness (QED) is 0.393. The molecule has 1 heterocycles. The van der Waals surface area contributed by atoms with E-state index in [1.807, 2.05) is 54.6 Å². The second kappa shape index (κ2) is 8.65. The molecule has 2 N–H and O–H groups in total. The third-order valence-corrected chi connectivity index (χ3v) is 6.67. The van der Waals surface area contributed by atoms with E-state index in [4.69, 9.17) is 9.15 Å². The van der Waals surface area contributed by atoms with Gasteiger partial charge in [-0.05, 0) is 42.5 Å². The van der Waals surface area contributed by atoms with Gasteiger partial charge in [-0.1, -0.05) is 54.6 Å². The Balaban J connectivity index is 1.73. The monoisotopic (exact) mass is 466 g/mol. The number of amides is 1. The Labute approximate surface area is 201 Å². The zero-order valence-electron chi connectivity index (χ0n) is 19.0. The Morgan fingerprint density at radius 2 is 1.77 bits per heavy atom. The number of rotatable bonds is 5. The highest BCUT2D eigenvalue weighted by Crippen LogP contribution is 2.42. The maximum absolute atomic E-state index is 13.8. The van der Waals surface area contributed by atoms with Crippen molar-refractivity contribution in [3.05, 3.63) is 88.1 Å². The van der Waals surface area contributed by atoms with Gasteiger partial charge in [0.15, 0.2) is 5.58 Å². The summed E-state index contributed by atoms with van der Waals surface area (Å²) < 4.78 is 11.6. The highest BCUT2D eigenvalue weighted by atomic mass is 16.5. The third kappa shape index (κ3) is 3.69. The second-order valence-corrected chi connectivity index (χ2v) is 8.58. The average molecular weight is 466 g/mol. The van der Waals surface area contributed by atoms with Crippen molar-refractivity contribution in [1.82, 2.24) is 5.32 Å². The summed E-state index contributed by atoms with van der Waals surface area (Å²) >= 11 is 0. The van der Waals surface area contributed by atoms with Gasteiger partial charge in [-0.2, -0.15) is 5.26 Å². The van der Waals surface area contributed by atoms with Crippen molar-refractivity contribution < 1.29 is 19.1 Å². The minimum atomic E-state index is -1.06. The van der Waals surface area contributed by atoms with Gasteiger partial charge in [-0.15, -0.1) is 0 Å². The van der Waals surface area contributed by atoms with Gasteiger partial charge in [-0.3, -0.25) is 4.79 Å². The molecule has 0 saturated heterocycles. The number of ether oxygens (including phenoxy) is 1. The molecular weight excluding hydrogens is 444 g/mol. The van der Waals surface area contributed by atoms with Crippen LogP contribution in [0.4, 0.5) is 4.79 Å². The number of hydrogen-bond donors (Lipinski definition) is 2. The Bertz CT molecular complexity index is 1530. The summed E-state index contributed by atoms with van der Waals surface area (Å²) in [6.07, 6.45) is 1.34. The number of nitrogens with one attached hydrogen (secondary N) is 1. The first-order valence-electron chi connectivity index (χ1n) is 11.2. The van der Waals surface area contributed by atoms with E-state index >= 15 is 0 Å². The minimum absolute atomic E-state index is 0.160. The van der Waals surface area contributed by atoms with Crippen LogP contribution in [-0.2, 0) is 5.54 Å². The van der Waals surface area contributed by atoms with E-state index in [0.717, 1.165) is 24.8 Å². The smallest absolute Gasteiger partial charge is 0.405 e. The predicted molar refractivity (Wildman–Crippen MR) is 131 cm³/mol. The number of nitrogens with zero attached hydrogens (tertiary/aromatic N) is 1. The number of nitriles is 1. The van der Waals surface area contributed by atoms with Crippen molar-refractivity contribution in [3.63, 3.8) is 0 Å². The predicted octanol–water partition coefficient (Wildman–Crippen LogP) is 5.65. The van der Waals surface area contributed by atoms with E-state index in [-0.39, 0.29) is 22.0 Å². The molecule has 174 valence electrons. The number of hydrogen-bond acceptors (Lipinski definition) is 5. The van der Waals surface area contributed by atoms with Gasteiger partial charge in [0.05, 0.1) is 23.6 Å². The third-order valence-electron chi connectivity index (χ3n) is 6.67. The fourth-order valence-corrected chi connectivity index (χ4v) is 4.75. The van der Waals surface area contributed by atoms with Crippen molar-refractivity contribution in [1.29, 1.82) is 5.26 Å². The van der Waals surface area contributed by atoms with Crippen LogP contribution >= 0.6 is 0 Å². The first kappa shape index (κ1) is 22.2. The van der Waals surface area contributed by atoms with E-state index in [9.17, 15) is 20.0 Å². The molecule has 4 aromatic rings. The van der Waals surface area contributed by atoms with Crippen molar-refractivity contribution in [3.8, 4) is 34.3 Å². The number of methoxy groups -OCH3 is 1. The van der Waals surface area contributed by atoms with Crippen molar-refractivity contribution >= 4 is 17.1 Å². The summed E-state index contributed by atoms with van der Waals surface area (Å²) in [5, 5.41) is 22.0. The fourth-order valence-electron chi connectivity index (χ4n) is 4.75. The highest BCUT2D eigenvalue weighted by molar-refractivity contribution is 5.92. The van der Waals surface area contributed by atoms with Crippen LogP contribution < -0.4 is 15.5 Å². The van der Waals surface area contributed by atoms with E-state index in [2.05, 4.69) is 11.4 Å². The summed E-state index contributed by atoms with van der Waals surface area (Å²) in [5.41, 5.74) is 2.04. The van der Waals surface area contributed by atoms with E-state index in [1.165, 1.54) is 7.11 Å². The molecule has 1 amide bonds. The summed E-state index contributed by atoms with van der Waals surface area (Å²) in [5.74, 6) is 0.679. The van der Waals surface area contributed by atoms with Crippen LogP contribution in [0.3, 0.4) is 0 Å². The lowest BCUT2D eigenvalue weighted by molar-refractivity contribution is 0.144. The van der Waals surface area contributed by atoms with Crippen molar-refractivity contribution in [2.75, 3.05) is 7.11 Å². The number of fused-ring (bicyclic) bond motifs is 1. The van der Waals surface area contributed by atoms with Crippen molar-refractivity contribution in [2.24, 2.45) is 0 Å². The molecule has 1 fully saturated rings. The second-order valence-electron chi connectivity index (χ2n) is 8.58. The fraction of sp³-hybridized carbons (Fsp3) is 0.179. The lowest BCUT2D eigenvalue weighted by Gasteiger charge is -2.42. The summed E-state index contributed by atoms with van der Waals surface area (Å²) in [7, 11) is 1.46. The first-order chi connectivity index (χ1) is 17.0. The van der Waals surface area contributed by atoms with Crippen molar-refractivity contribution in [2.45, 2.75) is 24.8 Å². The standard InChI is InChI=1S/C28H22N2O5/c1-34-22-13-12-20-24(31)23(25(18-6-3-2-4-7-18)35-26(20)21(22)16-29)17-8-10-19(11-9-17)28(14-5-15-28)30-27(32)33/h2-4,6-13,30H,5,14-15H2,1H3,(H,32,33). The molecule has 1 aliphatic rings. The Morgan fingerprint density at radius 1 is 1.06 bits per heavy atom. The molecule has 35 heavy (non-hydrogen) atoms. The molecular formula is C28H22N2O5. The summed E-state index contributed by atoms with van der Waals surface area (Å²) in [6.45, 7) is 0. The Morgan fingerprint density at radius 3 is 2.34 bits per heavy atom. The highest BCUT2D eigenvalue weighted by Gasteiger charge is 2.40. The molecule has 5 rings (SSSR count). The average Bonchev–Trinajstić information content (AvgIpc) is 2.86. The molecule has 0 radical (unpaired) electrons. The molecule has 0 aliphatic heterocycles. The van der Waals surface area contributed by atoms with E-state index in [0.29, 0.717) is 28.2 Å². The molecule has 7 heteroatoms. The topological polar surface area (TPSA) is 113 Å². The number of carbonyl (C=O) groups is 1. The van der Waals surface area contributed by atoms with Gasteiger partial charge in [0.2, 0.25) is 5.43 Å². The lowest BCUT2D eigenvalue weighted by atomic mass is 9.71. The number of carboxylic acid groups (broad SMARTS) is 1. The van der Waals surface area contributed by atoms with E-state index < -0.39 is 11.6 Å². The Hall–Kier alpha value is -4.57. The van der Waals surface area contributed by atoms with E-state index in [1.54, 1.807) is 12.1 Å². The molecule has 1 aliphatic carbocycles. The molecule has 1 aromatic heterocycles. The minimum Gasteiger partial charge on any atom is -0.495 e. The van der Waals surface area contributed by atoms with Crippen LogP contribution in [0.15, 0.2) is 75.9 Å². The van der Waals surface area contributed by atoms with Crippen LogP contribution in [0.2, 0.25) is 0 Å². The molecule has 3 aromatic carbocycles. The normalized spacial score (nSPS) is 14.1. The molecule has 0 atom stereocenters. The molecule has 0 unspecified atom stereocenters. The van der Waals surface area contributed by atoms with Crippen LogP contribution in [0.5, 0.6) is 5.75 Å². The Kier molecular flexibility index (Phi) is 5.50. The SMILES string of the molecule is COc1ccc2c(=O)c(-c3ccc(C4(NC(=O)O)CCC4)cc3)c(-c3ccccc3)oc2c1C#N. The molecule has 7 nitrogen and oxygen atoms in total. The number of benzene rings is 3. The van der Waals surface area contributed by atoms with Gasteiger partial charge in [0.25, 0.3) is 0 Å². The van der Waals surface area contributed by atoms with Gasteiger partial charge >= 0.3 is 6.09 Å². The lowest BCUT2D eigenvalue weighted by Crippen LogP contribution is -2.50. The van der Waals surface area contributed by atoms with Crippen LogP contribution in [0, 0.1) is 11.3 Å². The van der Waals surface area contributed by atoms with Gasteiger partial charge in [0, 0.05) is 5.56 Å². The summed E-state index contributed by atoms with van der Waals surface area (Å²) in [6, 6.07) is 21.9. The zero-order chi connectivity index (χ0) is 24.6. The maximum atomic E-state index is 13.8. The molecule has 0 spiro atoms. The zero-order valence-corrected chi connectivity index (χ0v) is 19.0. The molecule has 0 bridgehead atoms. The van der Waals surface area contributed by atoms with Crippen LogP contribution in [0.25, 0.3) is 33.4 Å². The summed E-state index contributed by atoms with van der Waals surface area (Å²) in [4.78, 5) is 25.1.